The number of likely N-dealkylation sites (tertiary alicyclic amines) is 1. The van der Waals surface area contributed by atoms with E-state index in [4.69, 9.17) is 9.47 Å². The third-order valence-electron chi connectivity index (χ3n) is 4.20. The van der Waals surface area contributed by atoms with Crippen LogP contribution in [0.4, 0.5) is 0 Å². The average Bonchev–Trinajstić information content (AvgIpc) is 2.54. The summed E-state index contributed by atoms with van der Waals surface area (Å²) < 4.78 is 10.5. The van der Waals surface area contributed by atoms with Crippen molar-refractivity contribution in [2.24, 2.45) is 0 Å². The summed E-state index contributed by atoms with van der Waals surface area (Å²) in [5.41, 5.74) is 1.09. The molecule has 122 valence electrons. The number of amides is 1. The van der Waals surface area contributed by atoms with Crippen LogP contribution in [0.3, 0.4) is 0 Å². The van der Waals surface area contributed by atoms with Crippen molar-refractivity contribution in [3.05, 3.63) is 23.8 Å². The van der Waals surface area contributed by atoms with Crippen molar-refractivity contribution < 1.29 is 14.3 Å². The van der Waals surface area contributed by atoms with Gasteiger partial charge in [0.25, 0.3) is 0 Å². The molecule has 1 aliphatic heterocycles. The van der Waals surface area contributed by atoms with Crippen LogP contribution in [0.2, 0.25) is 0 Å². The van der Waals surface area contributed by atoms with Gasteiger partial charge in [0.05, 0.1) is 20.3 Å². The molecule has 1 N–H and O–H groups in total. The fourth-order valence-electron chi connectivity index (χ4n) is 2.86. The number of carbonyl (C=O) groups excluding carboxylic acids is 1. The Hall–Kier alpha value is -1.75. The molecule has 1 aliphatic rings. The fraction of sp³-hybridized carbons (Fsp3) is 0.588. The first-order valence-corrected chi connectivity index (χ1v) is 7.84. The molecular weight excluding hydrogens is 280 g/mol. The van der Waals surface area contributed by atoms with Gasteiger partial charge in [-0.3, -0.25) is 9.69 Å². The Morgan fingerprint density at radius 2 is 1.91 bits per heavy atom. The first kappa shape index (κ1) is 16.6. The Balaban J connectivity index is 1.86. The zero-order valence-corrected chi connectivity index (χ0v) is 13.7. The van der Waals surface area contributed by atoms with E-state index in [9.17, 15) is 4.79 Å². The van der Waals surface area contributed by atoms with Gasteiger partial charge < -0.3 is 14.8 Å². The van der Waals surface area contributed by atoms with Gasteiger partial charge in [0.2, 0.25) is 5.91 Å². The number of ether oxygens (including phenoxy) is 2. The number of methoxy groups -OCH3 is 2. The van der Waals surface area contributed by atoms with Gasteiger partial charge in [-0.15, -0.1) is 0 Å². The van der Waals surface area contributed by atoms with Crippen LogP contribution in [0.15, 0.2) is 18.2 Å². The van der Waals surface area contributed by atoms with Crippen molar-refractivity contribution >= 4 is 5.91 Å². The van der Waals surface area contributed by atoms with Crippen molar-refractivity contribution in [3.63, 3.8) is 0 Å². The molecule has 5 heteroatoms. The monoisotopic (exact) mass is 306 g/mol. The Bertz CT molecular complexity index is 482. The number of nitrogens with one attached hydrogen (secondary N) is 1. The fourth-order valence-corrected chi connectivity index (χ4v) is 2.86. The molecule has 0 spiro atoms. The van der Waals surface area contributed by atoms with Crippen molar-refractivity contribution in [2.45, 2.75) is 31.7 Å². The molecule has 0 aromatic heterocycles. The van der Waals surface area contributed by atoms with E-state index in [1.807, 2.05) is 25.2 Å². The topological polar surface area (TPSA) is 50.8 Å². The minimum Gasteiger partial charge on any atom is -0.497 e. The van der Waals surface area contributed by atoms with Crippen molar-refractivity contribution in [1.29, 1.82) is 0 Å². The van der Waals surface area contributed by atoms with Crippen LogP contribution in [0, 0.1) is 0 Å². The number of carbonyl (C=O) groups is 1. The van der Waals surface area contributed by atoms with Crippen LogP contribution in [0.5, 0.6) is 11.5 Å². The van der Waals surface area contributed by atoms with Crippen LogP contribution in [0.25, 0.3) is 0 Å². The Labute approximate surface area is 132 Å². The van der Waals surface area contributed by atoms with E-state index in [0.717, 1.165) is 42.9 Å². The lowest BCUT2D eigenvalue weighted by molar-refractivity contribution is -0.126. The SMILES string of the molecule is COc1cc(CCNC(=O)[C@H]2CCCCN2C)cc(OC)c1. The predicted molar refractivity (Wildman–Crippen MR) is 86.5 cm³/mol. The molecule has 0 bridgehead atoms. The smallest absolute Gasteiger partial charge is 0.237 e. The Morgan fingerprint density at radius 1 is 1.23 bits per heavy atom. The summed E-state index contributed by atoms with van der Waals surface area (Å²) in [4.78, 5) is 14.4. The summed E-state index contributed by atoms with van der Waals surface area (Å²) in [7, 11) is 5.30. The normalized spacial score (nSPS) is 18.8. The van der Waals surface area contributed by atoms with Gasteiger partial charge in [0, 0.05) is 12.6 Å². The highest BCUT2D eigenvalue weighted by Crippen LogP contribution is 2.22. The van der Waals surface area contributed by atoms with E-state index >= 15 is 0 Å². The molecule has 1 aromatic carbocycles. The van der Waals surface area contributed by atoms with E-state index < -0.39 is 0 Å². The van der Waals surface area contributed by atoms with Crippen molar-refractivity contribution in [3.8, 4) is 11.5 Å². The average molecular weight is 306 g/mol. The minimum absolute atomic E-state index is 0.0218. The molecule has 1 heterocycles. The van der Waals surface area contributed by atoms with Gasteiger partial charge in [-0.25, -0.2) is 0 Å². The lowest BCUT2D eigenvalue weighted by Crippen LogP contribution is -2.47. The zero-order chi connectivity index (χ0) is 15.9. The highest BCUT2D eigenvalue weighted by molar-refractivity contribution is 5.81. The molecule has 1 saturated heterocycles. The minimum atomic E-state index is 0.0218. The van der Waals surface area contributed by atoms with E-state index in [1.165, 1.54) is 6.42 Å². The highest BCUT2D eigenvalue weighted by Gasteiger charge is 2.25. The van der Waals surface area contributed by atoms with Crippen LogP contribution in [0.1, 0.15) is 24.8 Å². The number of hydrogen-bond donors (Lipinski definition) is 1. The molecule has 1 amide bonds. The number of nitrogens with zero attached hydrogens (tertiary/aromatic N) is 1. The van der Waals surface area contributed by atoms with E-state index in [2.05, 4.69) is 10.2 Å². The largest absolute Gasteiger partial charge is 0.497 e. The van der Waals surface area contributed by atoms with Gasteiger partial charge >= 0.3 is 0 Å². The summed E-state index contributed by atoms with van der Waals surface area (Å²) >= 11 is 0. The summed E-state index contributed by atoms with van der Waals surface area (Å²) in [5.74, 6) is 1.68. The Kier molecular flexibility index (Phi) is 6.07. The molecule has 1 aromatic rings. The number of benzene rings is 1. The molecule has 0 saturated carbocycles. The molecule has 0 unspecified atom stereocenters. The van der Waals surface area contributed by atoms with Crippen LogP contribution < -0.4 is 14.8 Å². The molecule has 1 fully saturated rings. The maximum absolute atomic E-state index is 12.2. The second-order valence-electron chi connectivity index (χ2n) is 5.75. The molecule has 0 aliphatic carbocycles. The number of rotatable bonds is 6. The van der Waals surface area contributed by atoms with Crippen LogP contribution in [-0.2, 0) is 11.2 Å². The lowest BCUT2D eigenvalue weighted by atomic mass is 10.0. The molecule has 22 heavy (non-hydrogen) atoms. The predicted octanol–water partition coefficient (Wildman–Crippen LogP) is 1.85. The lowest BCUT2D eigenvalue weighted by Gasteiger charge is -2.31. The highest BCUT2D eigenvalue weighted by atomic mass is 16.5. The summed E-state index contributed by atoms with van der Waals surface area (Å²) in [6.07, 6.45) is 4.03. The molecule has 0 radical (unpaired) electrons. The van der Waals surface area contributed by atoms with Gasteiger partial charge in [-0.05, 0) is 50.6 Å². The number of piperidine rings is 1. The molecule has 5 nitrogen and oxygen atoms in total. The van der Waals surface area contributed by atoms with Crippen LogP contribution in [-0.4, -0.2) is 51.2 Å². The van der Waals surface area contributed by atoms with E-state index in [-0.39, 0.29) is 11.9 Å². The molecule has 2 rings (SSSR count). The van der Waals surface area contributed by atoms with Gasteiger partial charge in [0.15, 0.2) is 0 Å². The maximum Gasteiger partial charge on any atom is 0.237 e. The third kappa shape index (κ3) is 4.37. The van der Waals surface area contributed by atoms with E-state index in [0.29, 0.717) is 6.54 Å². The van der Waals surface area contributed by atoms with Gasteiger partial charge in [-0.1, -0.05) is 6.42 Å². The van der Waals surface area contributed by atoms with Gasteiger partial charge in [-0.2, -0.15) is 0 Å². The molecule has 1 atom stereocenters. The first-order valence-electron chi connectivity index (χ1n) is 7.84. The van der Waals surface area contributed by atoms with Crippen molar-refractivity contribution in [1.82, 2.24) is 10.2 Å². The van der Waals surface area contributed by atoms with Gasteiger partial charge in [0.1, 0.15) is 11.5 Å². The quantitative estimate of drug-likeness (QED) is 0.871. The second kappa shape index (κ2) is 8.03. The number of hydrogen-bond acceptors (Lipinski definition) is 4. The maximum atomic E-state index is 12.2. The van der Waals surface area contributed by atoms with Crippen LogP contribution >= 0.6 is 0 Å². The standard InChI is InChI=1S/C17H26N2O3/c1-19-9-5-4-6-16(19)17(20)18-8-7-13-10-14(21-2)12-15(11-13)22-3/h10-12,16H,4-9H2,1-3H3,(H,18,20)/t16-/m1/s1. The second-order valence-corrected chi connectivity index (χ2v) is 5.75. The summed E-state index contributed by atoms with van der Waals surface area (Å²) in [6.45, 7) is 1.63. The first-order chi connectivity index (χ1) is 10.6. The van der Waals surface area contributed by atoms with E-state index in [1.54, 1.807) is 14.2 Å². The third-order valence-corrected chi connectivity index (χ3v) is 4.20. The Morgan fingerprint density at radius 3 is 2.50 bits per heavy atom. The number of likely N-dealkylation sites (N-methyl/N-ethyl adjacent to an activating group) is 1. The zero-order valence-electron chi connectivity index (χ0n) is 13.7. The van der Waals surface area contributed by atoms with Crippen molar-refractivity contribution in [2.75, 3.05) is 34.4 Å². The summed E-state index contributed by atoms with van der Waals surface area (Å²) in [6, 6.07) is 5.82. The molecular formula is C17H26N2O3. The summed E-state index contributed by atoms with van der Waals surface area (Å²) in [5, 5.41) is 3.04.